The lowest BCUT2D eigenvalue weighted by atomic mass is 10.1. The van der Waals surface area contributed by atoms with E-state index < -0.39 is 0 Å². The summed E-state index contributed by atoms with van der Waals surface area (Å²) in [6, 6.07) is 0. The summed E-state index contributed by atoms with van der Waals surface area (Å²) in [6.07, 6.45) is 29.6. The summed E-state index contributed by atoms with van der Waals surface area (Å²) in [5.41, 5.74) is 0. The monoisotopic (exact) mass is 413 g/mol. The average Bonchev–Trinajstić information content (AvgIpc) is 2.70. The van der Waals surface area contributed by atoms with Crippen molar-refractivity contribution in [3.8, 4) is 0 Å². The Hall–Kier alpha value is -0.0100. The predicted molar refractivity (Wildman–Crippen MR) is 131 cm³/mol. The Morgan fingerprint density at radius 1 is 0.500 bits per heavy atom. The van der Waals surface area contributed by atoms with Gasteiger partial charge in [0.1, 0.15) is 0 Å². The molecule has 0 aromatic carbocycles. The van der Waals surface area contributed by atoms with E-state index in [4.69, 9.17) is 11.6 Å². The van der Waals surface area contributed by atoms with E-state index in [-0.39, 0.29) is 0 Å². The van der Waals surface area contributed by atoms with Gasteiger partial charge in [-0.05, 0) is 51.6 Å². The number of unbranched alkanes of at least 4 members (excludes halogenated alkanes) is 15. The van der Waals surface area contributed by atoms with Gasteiger partial charge in [0.05, 0.1) is 0 Å². The van der Waals surface area contributed by atoms with Crippen molar-refractivity contribution in [2.45, 2.75) is 129 Å². The van der Waals surface area contributed by atoms with Gasteiger partial charge in [-0.3, -0.25) is 0 Å². The summed E-state index contributed by atoms with van der Waals surface area (Å²) < 4.78 is 0. The zero-order valence-electron chi connectivity index (χ0n) is 19.5. The van der Waals surface area contributed by atoms with Crippen LogP contribution in [0.4, 0.5) is 0 Å². The molecule has 0 N–H and O–H groups in total. The molecule has 0 aromatic heterocycles. The highest BCUT2D eigenvalue weighted by molar-refractivity contribution is 6.18. The van der Waals surface area contributed by atoms with Crippen LogP contribution in [0.2, 0.25) is 0 Å². The smallest absolute Gasteiger partial charge is 0.0351 e. The molecule has 0 saturated carbocycles. The van der Waals surface area contributed by atoms with Gasteiger partial charge in [0, 0.05) is 12.4 Å². The number of halogens is 1. The Morgan fingerprint density at radius 2 is 0.893 bits per heavy atom. The highest BCUT2D eigenvalue weighted by Crippen LogP contribution is 2.11. The Bertz CT molecular complexity index is 303. The van der Waals surface area contributed by atoms with E-state index >= 15 is 0 Å². The minimum absolute atomic E-state index is 0.776. The molecule has 168 valence electrons. The van der Waals surface area contributed by atoms with Crippen molar-refractivity contribution in [3.05, 3.63) is 12.2 Å². The Kier molecular flexibility index (Phi) is 25.0. The van der Waals surface area contributed by atoms with Gasteiger partial charge >= 0.3 is 0 Å². The van der Waals surface area contributed by atoms with E-state index in [1.165, 1.54) is 129 Å². The highest BCUT2D eigenvalue weighted by atomic mass is 35.5. The van der Waals surface area contributed by atoms with Gasteiger partial charge in [0.2, 0.25) is 0 Å². The second-order valence-electron chi connectivity index (χ2n) is 8.53. The second-order valence-corrected chi connectivity index (χ2v) is 8.91. The van der Waals surface area contributed by atoms with E-state index in [0.29, 0.717) is 0 Å². The molecule has 0 heterocycles. The van der Waals surface area contributed by atoms with Crippen LogP contribution in [0.3, 0.4) is 0 Å². The molecule has 0 atom stereocenters. The van der Waals surface area contributed by atoms with Crippen molar-refractivity contribution < 1.29 is 0 Å². The van der Waals surface area contributed by atoms with Crippen LogP contribution in [0.1, 0.15) is 129 Å². The summed E-state index contributed by atoms with van der Waals surface area (Å²) in [4.78, 5) is 2.60. The van der Waals surface area contributed by atoms with E-state index in [2.05, 4.69) is 30.9 Å². The van der Waals surface area contributed by atoms with Crippen LogP contribution in [0, 0.1) is 0 Å². The SMILES string of the molecule is CCCCCC=CCCCCCN(CCCl)CCCCCCCCCCCC. The van der Waals surface area contributed by atoms with E-state index in [1.54, 1.807) is 0 Å². The Labute approximate surface area is 183 Å². The number of alkyl halides is 1. The third-order valence-electron chi connectivity index (χ3n) is 5.71. The van der Waals surface area contributed by atoms with Crippen molar-refractivity contribution in [3.63, 3.8) is 0 Å². The average molecular weight is 414 g/mol. The quantitative estimate of drug-likeness (QED) is 0.0916. The van der Waals surface area contributed by atoms with Crippen LogP contribution in [-0.2, 0) is 0 Å². The normalized spacial score (nSPS) is 11.9. The molecule has 0 amide bonds. The van der Waals surface area contributed by atoms with Crippen LogP contribution >= 0.6 is 11.6 Å². The molecule has 0 aliphatic carbocycles. The molecular weight excluding hydrogens is 362 g/mol. The Balaban J connectivity index is 3.47. The molecular formula is C26H52ClN. The maximum Gasteiger partial charge on any atom is 0.0351 e. The summed E-state index contributed by atoms with van der Waals surface area (Å²) in [5.74, 6) is 0.776. The zero-order chi connectivity index (χ0) is 20.5. The topological polar surface area (TPSA) is 3.24 Å². The van der Waals surface area contributed by atoms with Gasteiger partial charge in [-0.25, -0.2) is 0 Å². The minimum atomic E-state index is 0.776. The molecule has 28 heavy (non-hydrogen) atoms. The number of nitrogens with zero attached hydrogens (tertiary/aromatic N) is 1. The molecule has 0 rings (SSSR count). The summed E-state index contributed by atoms with van der Waals surface area (Å²) in [7, 11) is 0. The maximum absolute atomic E-state index is 6.01. The van der Waals surface area contributed by atoms with E-state index in [9.17, 15) is 0 Å². The van der Waals surface area contributed by atoms with E-state index in [0.717, 1.165) is 12.4 Å². The number of hydrogen-bond donors (Lipinski definition) is 0. The predicted octanol–water partition coefficient (Wildman–Crippen LogP) is 9.15. The minimum Gasteiger partial charge on any atom is -0.302 e. The maximum atomic E-state index is 6.01. The first-order valence-corrected chi connectivity index (χ1v) is 13.3. The van der Waals surface area contributed by atoms with Crippen LogP contribution in [0.15, 0.2) is 12.2 Å². The van der Waals surface area contributed by atoms with Crippen molar-refractivity contribution in [1.29, 1.82) is 0 Å². The van der Waals surface area contributed by atoms with Gasteiger partial charge in [-0.1, -0.05) is 103 Å². The molecule has 0 fully saturated rings. The lowest BCUT2D eigenvalue weighted by Crippen LogP contribution is -2.28. The molecule has 0 bridgehead atoms. The zero-order valence-corrected chi connectivity index (χ0v) is 20.3. The van der Waals surface area contributed by atoms with Gasteiger partial charge in [-0.15, -0.1) is 11.6 Å². The molecule has 0 saturated heterocycles. The molecule has 0 aliphatic rings. The van der Waals surface area contributed by atoms with Crippen molar-refractivity contribution in [2.24, 2.45) is 0 Å². The van der Waals surface area contributed by atoms with Crippen LogP contribution < -0.4 is 0 Å². The van der Waals surface area contributed by atoms with Gasteiger partial charge < -0.3 is 4.90 Å². The first kappa shape index (κ1) is 28.0. The lowest BCUT2D eigenvalue weighted by Gasteiger charge is -2.21. The first-order valence-electron chi connectivity index (χ1n) is 12.8. The van der Waals surface area contributed by atoms with Crippen LogP contribution in [0.25, 0.3) is 0 Å². The molecule has 2 heteroatoms. The summed E-state index contributed by atoms with van der Waals surface area (Å²) >= 11 is 6.01. The fourth-order valence-corrected chi connectivity index (χ4v) is 4.04. The van der Waals surface area contributed by atoms with Gasteiger partial charge in [-0.2, -0.15) is 0 Å². The number of allylic oxidation sites excluding steroid dienone is 2. The molecule has 0 aliphatic heterocycles. The standard InChI is InChI=1S/C26H52ClN/c1-3-5-7-9-11-13-15-17-19-21-24-28(26-23-27)25-22-20-18-16-14-12-10-8-6-4-2/h11,13H,3-10,12,14-26H2,1-2H3. The number of rotatable bonds is 23. The molecule has 0 unspecified atom stereocenters. The number of hydrogen-bond acceptors (Lipinski definition) is 1. The first-order chi connectivity index (χ1) is 13.8. The third-order valence-corrected chi connectivity index (χ3v) is 5.88. The van der Waals surface area contributed by atoms with Crippen LogP contribution in [-0.4, -0.2) is 30.4 Å². The second kappa shape index (κ2) is 25.0. The fraction of sp³-hybridized carbons (Fsp3) is 0.923. The summed E-state index contributed by atoms with van der Waals surface area (Å²) in [5, 5.41) is 0. The lowest BCUT2D eigenvalue weighted by molar-refractivity contribution is 0.275. The van der Waals surface area contributed by atoms with Crippen molar-refractivity contribution in [1.82, 2.24) is 4.90 Å². The molecule has 0 aromatic rings. The molecule has 0 spiro atoms. The van der Waals surface area contributed by atoms with Crippen molar-refractivity contribution in [2.75, 3.05) is 25.5 Å². The molecule has 1 nitrogen and oxygen atoms in total. The fourth-order valence-electron chi connectivity index (χ4n) is 3.80. The van der Waals surface area contributed by atoms with Gasteiger partial charge in [0.15, 0.2) is 0 Å². The van der Waals surface area contributed by atoms with E-state index in [1.807, 2.05) is 0 Å². The third kappa shape index (κ3) is 22.3. The van der Waals surface area contributed by atoms with Crippen LogP contribution in [0.5, 0.6) is 0 Å². The van der Waals surface area contributed by atoms with Crippen molar-refractivity contribution >= 4 is 11.6 Å². The summed E-state index contributed by atoms with van der Waals surface area (Å²) in [6.45, 7) is 8.12. The molecule has 0 radical (unpaired) electrons. The largest absolute Gasteiger partial charge is 0.302 e. The van der Waals surface area contributed by atoms with Gasteiger partial charge in [0.25, 0.3) is 0 Å². The highest BCUT2D eigenvalue weighted by Gasteiger charge is 2.03. The Morgan fingerprint density at radius 3 is 1.39 bits per heavy atom.